The van der Waals surface area contributed by atoms with Gasteiger partial charge in [-0.2, -0.15) is 0 Å². The van der Waals surface area contributed by atoms with E-state index < -0.39 is 0 Å². The first-order chi connectivity index (χ1) is 7.97. The zero-order valence-corrected chi connectivity index (χ0v) is 12.0. The van der Waals surface area contributed by atoms with Crippen molar-refractivity contribution in [1.82, 2.24) is 10.3 Å². The number of thioether (sulfide) groups is 1. The van der Waals surface area contributed by atoms with Crippen LogP contribution in [0.25, 0.3) is 0 Å². The van der Waals surface area contributed by atoms with Crippen molar-refractivity contribution in [3.05, 3.63) is 35.5 Å². The van der Waals surface area contributed by atoms with Gasteiger partial charge in [-0.05, 0) is 31.5 Å². The van der Waals surface area contributed by atoms with Crippen LogP contribution in [0.3, 0.4) is 0 Å². The van der Waals surface area contributed by atoms with Crippen molar-refractivity contribution in [3.63, 3.8) is 0 Å². The molecule has 0 aliphatic rings. The van der Waals surface area contributed by atoms with Crippen LogP contribution in [0.1, 0.15) is 25.1 Å². The Morgan fingerprint density at radius 1 is 1.41 bits per heavy atom. The van der Waals surface area contributed by atoms with Crippen LogP contribution in [0.15, 0.2) is 29.3 Å². The second kappa shape index (κ2) is 6.82. The van der Waals surface area contributed by atoms with Gasteiger partial charge in [-0.1, -0.05) is 26.0 Å². The van der Waals surface area contributed by atoms with Gasteiger partial charge in [0.15, 0.2) is 0 Å². The Morgan fingerprint density at radius 3 is 2.71 bits per heavy atom. The molecule has 0 spiro atoms. The molecule has 0 saturated heterocycles. The number of hydrogen-bond donors (Lipinski definition) is 1. The van der Waals surface area contributed by atoms with E-state index in [2.05, 4.69) is 49.8 Å². The van der Waals surface area contributed by atoms with Gasteiger partial charge in [0.05, 0.1) is 5.03 Å². The lowest BCUT2D eigenvalue weighted by atomic mass is 10.3. The van der Waals surface area contributed by atoms with Crippen molar-refractivity contribution in [2.45, 2.75) is 38.8 Å². The van der Waals surface area contributed by atoms with Crippen LogP contribution in [0.4, 0.5) is 0 Å². The second-order valence-corrected chi connectivity index (χ2v) is 5.69. The third-order valence-corrected chi connectivity index (χ3v) is 3.32. The summed E-state index contributed by atoms with van der Waals surface area (Å²) in [4.78, 5) is 4.50. The number of aryl methyl sites for hydroxylation is 2. The maximum absolute atomic E-state index is 4.50. The molecule has 0 saturated carbocycles. The molecule has 94 valence electrons. The molecule has 1 rings (SSSR count). The average molecular weight is 250 g/mol. The lowest BCUT2D eigenvalue weighted by molar-refractivity contribution is 0.623. The summed E-state index contributed by atoms with van der Waals surface area (Å²) in [6.07, 6.45) is 0. The third kappa shape index (κ3) is 5.89. The number of rotatable bonds is 6. The highest BCUT2D eigenvalue weighted by molar-refractivity contribution is 7.99. The van der Waals surface area contributed by atoms with E-state index in [-0.39, 0.29) is 0 Å². The predicted octanol–water partition coefficient (Wildman–Crippen LogP) is 3.34. The molecule has 1 N–H and O–H groups in total. The van der Waals surface area contributed by atoms with E-state index in [1.54, 1.807) is 11.8 Å². The summed E-state index contributed by atoms with van der Waals surface area (Å²) < 4.78 is 0. The fourth-order valence-corrected chi connectivity index (χ4v) is 2.39. The summed E-state index contributed by atoms with van der Waals surface area (Å²) in [5.74, 6) is 0.926. The fraction of sp³-hybridized carbons (Fsp3) is 0.500. The van der Waals surface area contributed by atoms with E-state index in [0.29, 0.717) is 6.04 Å². The Kier molecular flexibility index (Phi) is 5.72. The topological polar surface area (TPSA) is 24.9 Å². The maximum Gasteiger partial charge on any atom is 0.0968 e. The molecular weight excluding hydrogens is 228 g/mol. The van der Waals surface area contributed by atoms with E-state index in [0.717, 1.165) is 23.0 Å². The number of aromatic nitrogens is 1. The summed E-state index contributed by atoms with van der Waals surface area (Å²) >= 11 is 1.76. The molecule has 0 aromatic carbocycles. The highest BCUT2D eigenvalue weighted by atomic mass is 32.2. The summed E-state index contributed by atoms with van der Waals surface area (Å²) in [5.41, 5.74) is 3.56. The van der Waals surface area contributed by atoms with Crippen molar-refractivity contribution in [2.24, 2.45) is 0 Å². The molecule has 0 aliphatic heterocycles. The van der Waals surface area contributed by atoms with Gasteiger partial charge >= 0.3 is 0 Å². The Bertz CT molecular complexity index is 366. The highest BCUT2D eigenvalue weighted by Gasteiger charge is 2.01. The molecule has 3 heteroatoms. The van der Waals surface area contributed by atoms with Crippen LogP contribution < -0.4 is 5.32 Å². The number of nitrogens with zero attached hydrogens (tertiary/aromatic N) is 1. The monoisotopic (exact) mass is 250 g/mol. The lowest BCUT2D eigenvalue weighted by Gasteiger charge is -2.10. The summed E-state index contributed by atoms with van der Waals surface area (Å²) in [7, 11) is 0. The first kappa shape index (κ1) is 14.3. The molecule has 0 fully saturated rings. The van der Waals surface area contributed by atoms with Crippen molar-refractivity contribution >= 4 is 11.8 Å². The van der Waals surface area contributed by atoms with Gasteiger partial charge in [0.25, 0.3) is 0 Å². The minimum Gasteiger partial charge on any atom is -0.311 e. The first-order valence-electron chi connectivity index (χ1n) is 5.95. The standard InChI is InChI=1S/C14H22N2S/c1-10(2)15-8-12(4)9-17-14-7-11(3)6-13(5)16-14/h6-7,10,15H,4,8-9H2,1-3,5H3. The molecule has 0 aliphatic carbocycles. The van der Waals surface area contributed by atoms with Gasteiger partial charge in [-0.25, -0.2) is 4.98 Å². The van der Waals surface area contributed by atoms with Crippen molar-refractivity contribution in [3.8, 4) is 0 Å². The zero-order chi connectivity index (χ0) is 12.8. The van der Waals surface area contributed by atoms with Crippen LogP contribution >= 0.6 is 11.8 Å². The third-order valence-electron chi connectivity index (χ3n) is 2.26. The van der Waals surface area contributed by atoms with E-state index in [1.165, 1.54) is 11.1 Å². The van der Waals surface area contributed by atoms with Gasteiger partial charge in [0, 0.05) is 24.0 Å². The molecule has 17 heavy (non-hydrogen) atoms. The maximum atomic E-state index is 4.50. The summed E-state index contributed by atoms with van der Waals surface area (Å²) in [6, 6.07) is 4.73. The quantitative estimate of drug-likeness (QED) is 0.619. The zero-order valence-electron chi connectivity index (χ0n) is 11.2. The predicted molar refractivity (Wildman–Crippen MR) is 76.7 cm³/mol. The molecule has 2 nitrogen and oxygen atoms in total. The SMILES string of the molecule is C=C(CNC(C)C)CSc1cc(C)cc(C)n1. The van der Waals surface area contributed by atoms with Gasteiger partial charge in [0.2, 0.25) is 0 Å². The molecule has 0 radical (unpaired) electrons. The van der Waals surface area contributed by atoms with Crippen molar-refractivity contribution in [2.75, 3.05) is 12.3 Å². The Hall–Kier alpha value is -0.800. The number of pyridine rings is 1. The van der Waals surface area contributed by atoms with Gasteiger partial charge in [-0.15, -0.1) is 11.8 Å². The van der Waals surface area contributed by atoms with Gasteiger partial charge in [0.1, 0.15) is 0 Å². The van der Waals surface area contributed by atoms with Gasteiger partial charge in [-0.3, -0.25) is 0 Å². The first-order valence-corrected chi connectivity index (χ1v) is 6.94. The van der Waals surface area contributed by atoms with Crippen LogP contribution in [0.2, 0.25) is 0 Å². The van der Waals surface area contributed by atoms with Crippen molar-refractivity contribution in [1.29, 1.82) is 0 Å². The normalized spacial score (nSPS) is 10.9. The number of hydrogen-bond acceptors (Lipinski definition) is 3. The van der Waals surface area contributed by atoms with E-state index >= 15 is 0 Å². The second-order valence-electron chi connectivity index (χ2n) is 4.70. The minimum atomic E-state index is 0.510. The number of nitrogens with one attached hydrogen (secondary N) is 1. The van der Waals surface area contributed by atoms with Crippen molar-refractivity contribution < 1.29 is 0 Å². The smallest absolute Gasteiger partial charge is 0.0968 e. The molecular formula is C14H22N2S. The molecule has 1 heterocycles. The molecule has 0 amide bonds. The Labute approximate surface area is 109 Å². The molecule has 1 aromatic rings. The largest absolute Gasteiger partial charge is 0.311 e. The van der Waals surface area contributed by atoms with Crippen LogP contribution in [0, 0.1) is 13.8 Å². The Balaban J connectivity index is 2.42. The van der Waals surface area contributed by atoms with E-state index in [4.69, 9.17) is 0 Å². The lowest BCUT2D eigenvalue weighted by Crippen LogP contribution is -2.25. The average Bonchev–Trinajstić information content (AvgIpc) is 2.22. The fourth-order valence-electron chi connectivity index (χ4n) is 1.45. The molecule has 0 bridgehead atoms. The minimum absolute atomic E-state index is 0.510. The van der Waals surface area contributed by atoms with E-state index in [9.17, 15) is 0 Å². The molecule has 0 atom stereocenters. The summed E-state index contributed by atoms with van der Waals surface area (Å²) in [6.45, 7) is 13.4. The van der Waals surface area contributed by atoms with Crippen LogP contribution in [0.5, 0.6) is 0 Å². The highest BCUT2D eigenvalue weighted by Crippen LogP contribution is 2.19. The summed E-state index contributed by atoms with van der Waals surface area (Å²) in [5, 5.41) is 4.46. The molecule has 1 aromatic heterocycles. The van der Waals surface area contributed by atoms with Gasteiger partial charge < -0.3 is 5.32 Å². The Morgan fingerprint density at radius 2 is 2.12 bits per heavy atom. The van der Waals surface area contributed by atoms with Crippen LogP contribution in [-0.4, -0.2) is 23.3 Å². The van der Waals surface area contributed by atoms with Crippen LogP contribution in [-0.2, 0) is 0 Å². The molecule has 0 unspecified atom stereocenters. The van der Waals surface area contributed by atoms with E-state index in [1.807, 2.05) is 6.92 Å².